The molecule has 0 radical (unpaired) electrons. The van der Waals surface area contributed by atoms with E-state index in [1.165, 1.54) is 5.56 Å². The Bertz CT molecular complexity index is 683. The number of nitrogen functional groups attached to an aromatic ring is 1. The van der Waals surface area contributed by atoms with Crippen LogP contribution in [-0.4, -0.2) is 16.7 Å². The molecule has 2 heterocycles. The van der Waals surface area contributed by atoms with Crippen LogP contribution in [0.1, 0.15) is 11.1 Å². The summed E-state index contributed by atoms with van der Waals surface area (Å²) in [6.07, 6.45) is 2.46. The monoisotopic (exact) mass is 276 g/mol. The minimum atomic E-state index is -0.369. The summed E-state index contributed by atoms with van der Waals surface area (Å²) >= 11 is 6.04. The van der Waals surface area contributed by atoms with Gasteiger partial charge in [0.1, 0.15) is 5.02 Å². The highest BCUT2D eigenvalue weighted by atomic mass is 35.5. The summed E-state index contributed by atoms with van der Waals surface area (Å²) in [4.78, 5) is 13.5. The first-order chi connectivity index (χ1) is 9.16. The van der Waals surface area contributed by atoms with Crippen LogP contribution in [-0.2, 0) is 13.0 Å². The first-order valence-corrected chi connectivity index (χ1v) is 6.39. The Morgan fingerprint density at radius 3 is 3.11 bits per heavy atom. The molecule has 0 atom stereocenters. The first kappa shape index (κ1) is 12.0. The maximum Gasteiger partial charge on any atom is 0.285 e. The third kappa shape index (κ3) is 2.06. The second kappa shape index (κ2) is 4.59. The Hall–Kier alpha value is -2.01. The number of H-pyrrole nitrogens is 1. The zero-order valence-corrected chi connectivity index (χ0v) is 10.9. The summed E-state index contributed by atoms with van der Waals surface area (Å²) in [7, 11) is 0. The van der Waals surface area contributed by atoms with Crippen LogP contribution in [0.2, 0.25) is 5.02 Å². The smallest absolute Gasteiger partial charge is 0.285 e. The molecule has 98 valence electrons. The van der Waals surface area contributed by atoms with Crippen molar-refractivity contribution in [3.8, 4) is 0 Å². The largest absolute Gasteiger partial charge is 0.398 e. The standard InChI is InChI=1S/C13H13ClN4O/c14-12-11(6-16-17-13(12)19)18-5-4-8-2-1-3-10(15)9(8)7-18/h1-3,6H,4-5,7,15H2,(H,17,19). The van der Waals surface area contributed by atoms with Gasteiger partial charge in [0.25, 0.3) is 5.56 Å². The number of anilines is 2. The predicted octanol–water partition coefficient (Wildman–Crippen LogP) is 1.57. The third-order valence-corrected chi connectivity index (χ3v) is 3.79. The fourth-order valence-electron chi connectivity index (χ4n) is 2.41. The van der Waals surface area contributed by atoms with Crippen LogP contribution in [0.25, 0.3) is 0 Å². The van der Waals surface area contributed by atoms with Crippen LogP contribution in [0.5, 0.6) is 0 Å². The third-order valence-electron chi connectivity index (χ3n) is 3.43. The lowest BCUT2D eigenvalue weighted by atomic mass is 9.98. The Labute approximate surface area is 115 Å². The quantitative estimate of drug-likeness (QED) is 0.775. The molecule has 1 aromatic heterocycles. The molecule has 3 rings (SSSR count). The number of rotatable bonds is 1. The van der Waals surface area contributed by atoms with Crippen LogP contribution in [0.4, 0.5) is 11.4 Å². The number of hydrogen-bond acceptors (Lipinski definition) is 4. The maximum absolute atomic E-state index is 11.5. The molecule has 0 aliphatic carbocycles. The van der Waals surface area contributed by atoms with Crippen molar-refractivity contribution >= 4 is 23.0 Å². The van der Waals surface area contributed by atoms with Crippen molar-refractivity contribution in [3.63, 3.8) is 0 Å². The highest BCUT2D eigenvalue weighted by molar-refractivity contribution is 6.33. The molecule has 3 N–H and O–H groups in total. The van der Waals surface area contributed by atoms with Gasteiger partial charge in [0, 0.05) is 18.8 Å². The van der Waals surface area contributed by atoms with Crippen LogP contribution in [0, 0.1) is 0 Å². The number of aromatic nitrogens is 2. The summed E-state index contributed by atoms with van der Waals surface area (Å²) in [6.45, 7) is 1.44. The fraction of sp³-hybridized carbons (Fsp3) is 0.231. The van der Waals surface area contributed by atoms with Gasteiger partial charge in [-0.2, -0.15) is 5.10 Å². The zero-order chi connectivity index (χ0) is 13.4. The molecule has 0 amide bonds. The van der Waals surface area contributed by atoms with E-state index in [0.29, 0.717) is 12.2 Å². The van der Waals surface area contributed by atoms with E-state index in [9.17, 15) is 4.79 Å². The van der Waals surface area contributed by atoms with Crippen molar-refractivity contribution in [2.24, 2.45) is 0 Å². The van der Waals surface area contributed by atoms with E-state index in [1.54, 1.807) is 6.20 Å². The second-order valence-electron chi connectivity index (χ2n) is 4.55. The molecular weight excluding hydrogens is 264 g/mol. The SMILES string of the molecule is Nc1cccc2c1CN(c1cn[nH]c(=O)c1Cl)CC2. The number of halogens is 1. The normalized spacial score (nSPS) is 14.3. The molecule has 2 aromatic rings. The van der Waals surface area contributed by atoms with Gasteiger partial charge in [0.15, 0.2) is 0 Å². The highest BCUT2D eigenvalue weighted by Crippen LogP contribution is 2.29. The molecule has 6 heteroatoms. The molecule has 0 unspecified atom stereocenters. The number of fused-ring (bicyclic) bond motifs is 1. The van der Waals surface area contributed by atoms with E-state index in [4.69, 9.17) is 17.3 Å². The van der Waals surface area contributed by atoms with Gasteiger partial charge in [0.2, 0.25) is 0 Å². The molecule has 5 nitrogen and oxygen atoms in total. The summed E-state index contributed by atoms with van der Waals surface area (Å²) < 4.78 is 0. The van der Waals surface area contributed by atoms with Gasteiger partial charge < -0.3 is 10.6 Å². The van der Waals surface area contributed by atoms with Gasteiger partial charge in [-0.1, -0.05) is 23.7 Å². The van der Waals surface area contributed by atoms with Crippen molar-refractivity contribution in [1.82, 2.24) is 10.2 Å². The highest BCUT2D eigenvalue weighted by Gasteiger charge is 2.21. The lowest BCUT2D eigenvalue weighted by Crippen LogP contribution is -2.32. The topological polar surface area (TPSA) is 75.0 Å². The molecule has 0 spiro atoms. The molecule has 1 aliphatic rings. The Kier molecular flexibility index (Phi) is 2.91. The Morgan fingerprint density at radius 2 is 2.26 bits per heavy atom. The van der Waals surface area contributed by atoms with Gasteiger partial charge in [-0.25, -0.2) is 5.10 Å². The van der Waals surface area contributed by atoms with Gasteiger partial charge in [-0.15, -0.1) is 0 Å². The van der Waals surface area contributed by atoms with E-state index in [1.807, 2.05) is 17.0 Å². The number of nitrogens with one attached hydrogen (secondary N) is 1. The van der Waals surface area contributed by atoms with E-state index >= 15 is 0 Å². The lowest BCUT2D eigenvalue weighted by molar-refractivity contribution is 0.728. The first-order valence-electron chi connectivity index (χ1n) is 6.01. The van der Waals surface area contributed by atoms with Crippen molar-refractivity contribution < 1.29 is 0 Å². The minimum Gasteiger partial charge on any atom is -0.398 e. The molecule has 19 heavy (non-hydrogen) atoms. The van der Waals surface area contributed by atoms with E-state index in [2.05, 4.69) is 16.3 Å². The lowest BCUT2D eigenvalue weighted by Gasteiger charge is -2.31. The Balaban J connectivity index is 2.00. The molecule has 1 aromatic carbocycles. The molecule has 0 fully saturated rings. The van der Waals surface area contributed by atoms with Crippen molar-refractivity contribution in [2.45, 2.75) is 13.0 Å². The van der Waals surface area contributed by atoms with Crippen molar-refractivity contribution in [3.05, 3.63) is 50.9 Å². The summed E-state index contributed by atoms with van der Waals surface area (Å²) in [5.41, 5.74) is 9.42. The fourth-order valence-corrected chi connectivity index (χ4v) is 2.62. The molecule has 1 aliphatic heterocycles. The van der Waals surface area contributed by atoms with Crippen LogP contribution in [0.3, 0.4) is 0 Å². The zero-order valence-electron chi connectivity index (χ0n) is 10.2. The summed E-state index contributed by atoms with van der Waals surface area (Å²) in [5, 5.41) is 6.30. The maximum atomic E-state index is 11.5. The van der Waals surface area contributed by atoms with E-state index in [0.717, 1.165) is 24.2 Å². The van der Waals surface area contributed by atoms with Gasteiger partial charge in [0.05, 0.1) is 11.9 Å². The molecule has 0 saturated carbocycles. The average Bonchev–Trinajstić information content (AvgIpc) is 2.42. The van der Waals surface area contributed by atoms with E-state index < -0.39 is 0 Å². The van der Waals surface area contributed by atoms with Crippen LogP contribution >= 0.6 is 11.6 Å². The summed E-state index contributed by atoms with van der Waals surface area (Å²) in [5.74, 6) is 0. The van der Waals surface area contributed by atoms with E-state index in [-0.39, 0.29) is 10.6 Å². The molecule has 0 bridgehead atoms. The number of benzene rings is 1. The number of hydrogen-bond donors (Lipinski definition) is 2. The minimum absolute atomic E-state index is 0.174. The number of nitrogens with two attached hydrogens (primary N) is 1. The summed E-state index contributed by atoms with van der Waals surface area (Å²) in [6, 6.07) is 5.94. The molecular formula is C13H13ClN4O. The van der Waals surface area contributed by atoms with Gasteiger partial charge in [-0.3, -0.25) is 4.79 Å². The number of nitrogens with zero attached hydrogens (tertiary/aromatic N) is 2. The second-order valence-corrected chi connectivity index (χ2v) is 4.93. The van der Waals surface area contributed by atoms with Crippen LogP contribution < -0.4 is 16.2 Å². The average molecular weight is 277 g/mol. The van der Waals surface area contributed by atoms with Crippen LogP contribution in [0.15, 0.2) is 29.2 Å². The number of aromatic amines is 1. The Morgan fingerprint density at radius 1 is 1.42 bits per heavy atom. The van der Waals surface area contributed by atoms with Crippen molar-refractivity contribution in [2.75, 3.05) is 17.2 Å². The van der Waals surface area contributed by atoms with Gasteiger partial charge in [-0.05, 0) is 23.6 Å². The van der Waals surface area contributed by atoms with Gasteiger partial charge >= 0.3 is 0 Å². The molecule has 0 saturated heterocycles. The predicted molar refractivity (Wildman–Crippen MR) is 75.5 cm³/mol. The van der Waals surface area contributed by atoms with Crippen molar-refractivity contribution in [1.29, 1.82) is 0 Å².